The summed E-state index contributed by atoms with van der Waals surface area (Å²) in [5, 5.41) is 3.52. The second-order valence-electron chi connectivity index (χ2n) is 5.71. The SMILES string of the molecule is Cc1nccn1Cc1cccc(CNC(=O)c2cccc(Cl)c2Cl)c1. The molecule has 0 spiro atoms. The van der Waals surface area contributed by atoms with Crippen molar-refractivity contribution in [1.82, 2.24) is 14.9 Å². The molecule has 0 saturated carbocycles. The van der Waals surface area contributed by atoms with Crippen LogP contribution in [0.15, 0.2) is 54.9 Å². The van der Waals surface area contributed by atoms with Crippen LogP contribution in [0.1, 0.15) is 27.3 Å². The number of hydrogen-bond donors (Lipinski definition) is 1. The molecule has 0 aliphatic heterocycles. The van der Waals surface area contributed by atoms with Crippen LogP contribution >= 0.6 is 23.2 Å². The Morgan fingerprint density at radius 3 is 2.68 bits per heavy atom. The van der Waals surface area contributed by atoms with Crippen LogP contribution < -0.4 is 5.32 Å². The van der Waals surface area contributed by atoms with E-state index in [0.29, 0.717) is 17.1 Å². The average Bonchev–Trinajstić information content (AvgIpc) is 3.00. The van der Waals surface area contributed by atoms with Crippen molar-refractivity contribution in [3.8, 4) is 0 Å². The molecule has 0 atom stereocenters. The number of nitrogens with zero attached hydrogens (tertiary/aromatic N) is 2. The van der Waals surface area contributed by atoms with Crippen molar-refractivity contribution in [3.63, 3.8) is 0 Å². The van der Waals surface area contributed by atoms with E-state index in [1.165, 1.54) is 0 Å². The lowest BCUT2D eigenvalue weighted by Crippen LogP contribution is -2.23. The minimum atomic E-state index is -0.247. The van der Waals surface area contributed by atoms with Gasteiger partial charge in [0.1, 0.15) is 5.82 Å². The van der Waals surface area contributed by atoms with E-state index < -0.39 is 0 Å². The number of nitrogens with one attached hydrogen (secondary N) is 1. The normalized spacial score (nSPS) is 10.7. The number of aryl methyl sites for hydroxylation is 1. The van der Waals surface area contributed by atoms with Crippen LogP contribution in [0, 0.1) is 6.92 Å². The summed E-state index contributed by atoms with van der Waals surface area (Å²) in [6.45, 7) is 3.13. The van der Waals surface area contributed by atoms with Crippen molar-refractivity contribution < 1.29 is 4.79 Å². The topological polar surface area (TPSA) is 46.9 Å². The van der Waals surface area contributed by atoms with Crippen molar-refractivity contribution >= 4 is 29.1 Å². The molecule has 1 N–H and O–H groups in total. The van der Waals surface area contributed by atoms with E-state index in [9.17, 15) is 4.79 Å². The molecule has 2 aromatic carbocycles. The number of carbonyl (C=O) groups excluding carboxylic acids is 1. The molecule has 0 aliphatic rings. The van der Waals surface area contributed by atoms with Gasteiger partial charge in [-0.2, -0.15) is 0 Å². The number of amides is 1. The van der Waals surface area contributed by atoms with Crippen molar-refractivity contribution in [1.29, 1.82) is 0 Å². The second-order valence-corrected chi connectivity index (χ2v) is 6.49. The first kappa shape index (κ1) is 17.5. The molecule has 1 aromatic heterocycles. The van der Waals surface area contributed by atoms with E-state index in [4.69, 9.17) is 23.2 Å². The maximum atomic E-state index is 12.3. The van der Waals surface area contributed by atoms with Gasteiger partial charge in [-0.15, -0.1) is 0 Å². The van der Waals surface area contributed by atoms with Crippen LogP contribution in [-0.4, -0.2) is 15.5 Å². The summed E-state index contributed by atoms with van der Waals surface area (Å²) in [6.07, 6.45) is 3.74. The summed E-state index contributed by atoms with van der Waals surface area (Å²) in [6, 6.07) is 13.1. The van der Waals surface area contributed by atoms with Crippen LogP contribution in [0.2, 0.25) is 10.0 Å². The number of rotatable bonds is 5. The smallest absolute Gasteiger partial charge is 0.253 e. The molecular formula is C19H17Cl2N3O. The Morgan fingerprint density at radius 2 is 1.92 bits per heavy atom. The van der Waals surface area contributed by atoms with Gasteiger partial charge >= 0.3 is 0 Å². The zero-order valence-corrected chi connectivity index (χ0v) is 15.2. The van der Waals surface area contributed by atoms with E-state index >= 15 is 0 Å². The first-order valence-electron chi connectivity index (χ1n) is 7.82. The largest absolute Gasteiger partial charge is 0.348 e. The summed E-state index contributed by atoms with van der Waals surface area (Å²) in [5.41, 5.74) is 2.54. The average molecular weight is 374 g/mol. The highest BCUT2D eigenvalue weighted by Gasteiger charge is 2.12. The highest BCUT2D eigenvalue weighted by molar-refractivity contribution is 6.43. The van der Waals surface area contributed by atoms with E-state index in [2.05, 4.69) is 27.0 Å². The first-order valence-corrected chi connectivity index (χ1v) is 8.58. The maximum absolute atomic E-state index is 12.3. The number of halogens is 2. The predicted octanol–water partition coefficient (Wildman–Crippen LogP) is 4.48. The lowest BCUT2D eigenvalue weighted by Gasteiger charge is -2.10. The van der Waals surface area contributed by atoms with Gasteiger partial charge < -0.3 is 9.88 Å². The minimum absolute atomic E-state index is 0.247. The number of benzene rings is 2. The number of carbonyl (C=O) groups is 1. The van der Waals surface area contributed by atoms with Crippen LogP contribution in [0.4, 0.5) is 0 Å². The Labute approximate surface area is 156 Å². The van der Waals surface area contributed by atoms with E-state index in [-0.39, 0.29) is 10.9 Å². The minimum Gasteiger partial charge on any atom is -0.348 e. The van der Waals surface area contributed by atoms with Crippen LogP contribution in [-0.2, 0) is 13.1 Å². The Morgan fingerprint density at radius 1 is 1.16 bits per heavy atom. The fraction of sp³-hybridized carbons (Fsp3) is 0.158. The molecule has 4 nitrogen and oxygen atoms in total. The fourth-order valence-electron chi connectivity index (χ4n) is 2.56. The highest BCUT2D eigenvalue weighted by Crippen LogP contribution is 2.25. The molecule has 0 bridgehead atoms. The molecule has 128 valence electrons. The predicted molar refractivity (Wildman–Crippen MR) is 100 cm³/mol. The van der Waals surface area contributed by atoms with Gasteiger partial charge in [-0.3, -0.25) is 4.79 Å². The Bertz CT molecular complexity index is 905. The van der Waals surface area contributed by atoms with Gasteiger partial charge in [0.25, 0.3) is 5.91 Å². The van der Waals surface area contributed by atoms with Gasteiger partial charge in [-0.05, 0) is 30.2 Å². The third kappa shape index (κ3) is 4.21. The van der Waals surface area contributed by atoms with Crippen LogP contribution in [0.25, 0.3) is 0 Å². The summed E-state index contributed by atoms with van der Waals surface area (Å²) < 4.78 is 2.07. The van der Waals surface area contributed by atoms with Crippen molar-refractivity contribution in [3.05, 3.63) is 87.4 Å². The van der Waals surface area contributed by atoms with Gasteiger partial charge in [0, 0.05) is 25.5 Å². The standard InChI is InChI=1S/C19H17Cl2N3O/c1-13-22-8-9-24(13)12-15-5-2-4-14(10-15)11-23-19(25)16-6-3-7-17(20)18(16)21/h2-10H,11-12H2,1H3,(H,23,25). The number of aromatic nitrogens is 2. The molecule has 1 amide bonds. The van der Waals surface area contributed by atoms with E-state index in [1.807, 2.05) is 25.3 Å². The zero-order valence-electron chi connectivity index (χ0n) is 13.7. The zero-order chi connectivity index (χ0) is 17.8. The summed E-state index contributed by atoms with van der Waals surface area (Å²) in [5.74, 6) is 0.720. The van der Waals surface area contributed by atoms with Crippen LogP contribution in [0.5, 0.6) is 0 Å². The quantitative estimate of drug-likeness (QED) is 0.716. The van der Waals surface area contributed by atoms with Crippen molar-refractivity contribution in [2.24, 2.45) is 0 Å². The highest BCUT2D eigenvalue weighted by atomic mass is 35.5. The Balaban J connectivity index is 1.67. The second kappa shape index (κ2) is 7.72. The van der Waals surface area contributed by atoms with E-state index in [1.54, 1.807) is 24.4 Å². The molecule has 0 unspecified atom stereocenters. The maximum Gasteiger partial charge on any atom is 0.253 e. The molecule has 0 aliphatic carbocycles. The van der Waals surface area contributed by atoms with Crippen LogP contribution in [0.3, 0.4) is 0 Å². The molecule has 0 radical (unpaired) electrons. The number of hydrogen-bond acceptors (Lipinski definition) is 2. The molecule has 3 rings (SSSR count). The molecule has 25 heavy (non-hydrogen) atoms. The third-order valence-corrected chi connectivity index (χ3v) is 4.74. The van der Waals surface area contributed by atoms with Gasteiger partial charge in [0.05, 0.1) is 15.6 Å². The van der Waals surface area contributed by atoms with Gasteiger partial charge in [0.15, 0.2) is 0 Å². The van der Waals surface area contributed by atoms with Gasteiger partial charge in [-0.25, -0.2) is 4.98 Å². The third-order valence-electron chi connectivity index (χ3n) is 3.92. The molecular weight excluding hydrogens is 357 g/mol. The first-order chi connectivity index (χ1) is 12.0. The molecule has 0 saturated heterocycles. The Kier molecular flexibility index (Phi) is 5.41. The lowest BCUT2D eigenvalue weighted by atomic mass is 10.1. The van der Waals surface area contributed by atoms with Crippen molar-refractivity contribution in [2.45, 2.75) is 20.0 Å². The van der Waals surface area contributed by atoms with Crippen molar-refractivity contribution in [2.75, 3.05) is 0 Å². The lowest BCUT2D eigenvalue weighted by molar-refractivity contribution is 0.0951. The summed E-state index contributed by atoms with van der Waals surface area (Å²) in [4.78, 5) is 16.5. The van der Waals surface area contributed by atoms with Gasteiger partial charge in [0.2, 0.25) is 0 Å². The molecule has 0 fully saturated rings. The van der Waals surface area contributed by atoms with Gasteiger partial charge in [-0.1, -0.05) is 53.5 Å². The monoisotopic (exact) mass is 373 g/mol. The summed E-state index contributed by atoms with van der Waals surface area (Å²) in [7, 11) is 0. The molecule has 1 heterocycles. The Hall–Kier alpha value is -2.30. The molecule has 6 heteroatoms. The number of imidazole rings is 1. The summed E-state index contributed by atoms with van der Waals surface area (Å²) >= 11 is 12.0. The fourth-order valence-corrected chi connectivity index (χ4v) is 2.95. The van der Waals surface area contributed by atoms with E-state index in [0.717, 1.165) is 23.5 Å². The molecule has 3 aromatic rings.